The first kappa shape index (κ1) is 9.48. The Kier molecular flexibility index (Phi) is 4.04. The summed E-state index contributed by atoms with van der Waals surface area (Å²) in [6.45, 7) is 1.66. The lowest BCUT2D eigenvalue weighted by Crippen LogP contribution is -2.29. The minimum Gasteiger partial charge on any atom is -0.381 e. The highest BCUT2D eigenvalue weighted by molar-refractivity contribution is 5.76. The number of carbonyl (C=O) groups excluding carboxylic acids is 1. The van der Waals surface area contributed by atoms with Crippen LogP contribution in [-0.4, -0.2) is 38.9 Å². The Bertz CT molecular complexity index is 143. The molecule has 1 fully saturated rings. The van der Waals surface area contributed by atoms with Crippen LogP contribution in [0.25, 0.3) is 0 Å². The van der Waals surface area contributed by atoms with Gasteiger partial charge in [0.25, 0.3) is 0 Å². The summed E-state index contributed by atoms with van der Waals surface area (Å²) >= 11 is 0. The zero-order chi connectivity index (χ0) is 8.81. The summed E-state index contributed by atoms with van der Waals surface area (Å²) in [5.74, 6) is -0.0681. The van der Waals surface area contributed by atoms with Gasteiger partial charge in [-0.1, -0.05) is 0 Å². The quantitative estimate of drug-likeness (QED) is 0.649. The van der Waals surface area contributed by atoms with Crippen molar-refractivity contribution < 1.29 is 14.3 Å². The molecule has 1 amide bonds. The highest BCUT2D eigenvalue weighted by atomic mass is 16.5. The Morgan fingerprint density at radius 2 is 2.25 bits per heavy atom. The van der Waals surface area contributed by atoms with Crippen molar-refractivity contribution in [2.24, 2.45) is 0 Å². The SMILES string of the molecule is CNC(=O)COC1CCOCC1. The molecule has 4 nitrogen and oxygen atoms in total. The van der Waals surface area contributed by atoms with Crippen LogP contribution < -0.4 is 5.32 Å². The first-order valence-electron chi connectivity index (χ1n) is 4.23. The van der Waals surface area contributed by atoms with E-state index in [2.05, 4.69) is 5.32 Å². The van der Waals surface area contributed by atoms with Crippen LogP contribution in [0.5, 0.6) is 0 Å². The van der Waals surface area contributed by atoms with E-state index in [0.717, 1.165) is 26.1 Å². The molecule has 1 N–H and O–H groups in total. The molecule has 0 aromatic heterocycles. The van der Waals surface area contributed by atoms with Crippen molar-refractivity contribution in [2.75, 3.05) is 26.9 Å². The molecule has 0 spiro atoms. The molecule has 0 unspecified atom stereocenters. The predicted molar refractivity (Wildman–Crippen MR) is 43.9 cm³/mol. The summed E-state index contributed by atoms with van der Waals surface area (Å²) in [5.41, 5.74) is 0. The molecule has 1 aliphatic heterocycles. The molecule has 1 saturated heterocycles. The minimum absolute atomic E-state index is 0.0681. The Morgan fingerprint density at radius 3 is 2.83 bits per heavy atom. The zero-order valence-corrected chi connectivity index (χ0v) is 7.34. The average molecular weight is 173 g/mol. The van der Waals surface area contributed by atoms with Crippen molar-refractivity contribution in [1.82, 2.24) is 5.32 Å². The van der Waals surface area contributed by atoms with Gasteiger partial charge in [0.05, 0.1) is 6.10 Å². The number of amides is 1. The highest BCUT2D eigenvalue weighted by Crippen LogP contribution is 2.09. The number of carbonyl (C=O) groups is 1. The molecule has 0 aliphatic carbocycles. The summed E-state index contributed by atoms with van der Waals surface area (Å²) in [6.07, 6.45) is 2.00. The summed E-state index contributed by atoms with van der Waals surface area (Å²) in [4.78, 5) is 10.8. The number of hydrogen-bond donors (Lipinski definition) is 1. The van der Waals surface area contributed by atoms with E-state index in [1.807, 2.05) is 0 Å². The van der Waals surface area contributed by atoms with Gasteiger partial charge < -0.3 is 14.8 Å². The summed E-state index contributed by atoms with van der Waals surface area (Å²) < 4.78 is 10.5. The first-order chi connectivity index (χ1) is 5.83. The van der Waals surface area contributed by atoms with E-state index in [1.165, 1.54) is 0 Å². The van der Waals surface area contributed by atoms with Crippen LogP contribution in [0.1, 0.15) is 12.8 Å². The van der Waals surface area contributed by atoms with Crippen LogP contribution in [-0.2, 0) is 14.3 Å². The molecule has 1 heterocycles. The third-order valence-corrected chi connectivity index (χ3v) is 1.90. The molecular formula is C8H15NO3. The number of ether oxygens (including phenoxy) is 2. The van der Waals surface area contributed by atoms with Gasteiger partial charge >= 0.3 is 0 Å². The molecule has 1 rings (SSSR count). The van der Waals surface area contributed by atoms with Gasteiger partial charge in [-0.2, -0.15) is 0 Å². The van der Waals surface area contributed by atoms with E-state index < -0.39 is 0 Å². The maximum Gasteiger partial charge on any atom is 0.245 e. The average Bonchev–Trinajstić information content (AvgIpc) is 2.16. The number of likely N-dealkylation sites (N-methyl/N-ethyl adjacent to an activating group) is 1. The number of rotatable bonds is 3. The molecule has 4 heteroatoms. The van der Waals surface area contributed by atoms with Gasteiger partial charge in [0.1, 0.15) is 6.61 Å². The molecule has 0 aromatic carbocycles. The molecule has 0 atom stereocenters. The Labute approximate surface area is 72.2 Å². The maximum absolute atomic E-state index is 10.8. The van der Waals surface area contributed by atoms with Gasteiger partial charge in [-0.3, -0.25) is 4.79 Å². The fraction of sp³-hybridized carbons (Fsp3) is 0.875. The normalized spacial score (nSPS) is 19.1. The van der Waals surface area contributed by atoms with E-state index >= 15 is 0 Å². The van der Waals surface area contributed by atoms with E-state index in [1.54, 1.807) is 7.05 Å². The topological polar surface area (TPSA) is 47.6 Å². The Morgan fingerprint density at radius 1 is 1.58 bits per heavy atom. The lowest BCUT2D eigenvalue weighted by Gasteiger charge is -2.21. The second-order valence-corrected chi connectivity index (χ2v) is 2.80. The zero-order valence-electron chi connectivity index (χ0n) is 7.34. The highest BCUT2D eigenvalue weighted by Gasteiger charge is 2.14. The van der Waals surface area contributed by atoms with Crippen LogP contribution in [0.4, 0.5) is 0 Å². The monoisotopic (exact) mass is 173 g/mol. The van der Waals surface area contributed by atoms with Gasteiger partial charge in [-0.25, -0.2) is 0 Å². The van der Waals surface area contributed by atoms with Crippen LogP contribution in [0.15, 0.2) is 0 Å². The summed E-state index contributed by atoms with van der Waals surface area (Å²) in [7, 11) is 1.61. The standard InChI is InChI=1S/C8H15NO3/c1-9-8(10)6-12-7-2-4-11-5-3-7/h7H,2-6H2,1H3,(H,9,10). The third-order valence-electron chi connectivity index (χ3n) is 1.90. The first-order valence-corrected chi connectivity index (χ1v) is 4.23. The molecule has 70 valence electrons. The maximum atomic E-state index is 10.8. The van der Waals surface area contributed by atoms with Crippen LogP contribution in [0, 0.1) is 0 Å². The number of hydrogen-bond acceptors (Lipinski definition) is 3. The third kappa shape index (κ3) is 3.19. The summed E-state index contributed by atoms with van der Waals surface area (Å²) in [6, 6.07) is 0. The number of nitrogens with one attached hydrogen (secondary N) is 1. The second kappa shape index (κ2) is 5.11. The van der Waals surface area contributed by atoms with Crippen molar-refractivity contribution in [1.29, 1.82) is 0 Å². The van der Waals surface area contributed by atoms with E-state index in [4.69, 9.17) is 9.47 Å². The second-order valence-electron chi connectivity index (χ2n) is 2.80. The van der Waals surface area contributed by atoms with Crippen molar-refractivity contribution in [3.63, 3.8) is 0 Å². The van der Waals surface area contributed by atoms with Gasteiger partial charge in [0, 0.05) is 20.3 Å². The summed E-state index contributed by atoms with van der Waals surface area (Å²) in [5, 5.41) is 2.51. The van der Waals surface area contributed by atoms with E-state index in [0.29, 0.717) is 0 Å². The van der Waals surface area contributed by atoms with Gasteiger partial charge in [-0.15, -0.1) is 0 Å². The lowest BCUT2D eigenvalue weighted by atomic mass is 10.2. The van der Waals surface area contributed by atoms with Crippen LogP contribution in [0.3, 0.4) is 0 Å². The van der Waals surface area contributed by atoms with E-state index in [-0.39, 0.29) is 18.6 Å². The Balaban J connectivity index is 2.09. The van der Waals surface area contributed by atoms with Crippen molar-refractivity contribution >= 4 is 5.91 Å². The largest absolute Gasteiger partial charge is 0.381 e. The molecule has 0 saturated carbocycles. The molecule has 12 heavy (non-hydrogen) atoms. The van der Waals surface area contributed by atoms with Crippen molar-refractivity contribution in [3.05, 3.63) is 0 Å². The fourth-order valence-electron chi connectivity index (χ4n) is 1.11. The molecule has 0 aromatic rings. The van der Waals surface area contributed by atoms with Gasteiger partial charge in [0.2, 0.25) is 5.91 Å². The van der Waals surface area contributed by atoms with Crippen LogP contribution >= 0.6 is 0 Å². The minimum atomic E-state index is -0.0681. The van der Waals surface area contributed by atoms with Crippen LogP contribution in [0.2, 0.25) is 0 Å². The molecular weight excluding hydrogens is 158 g/mol. The lowest BCUT2D eigenvalue weighted by molar-refractivity contribution is -0.129. The van der Waals surface area contributed by atoms with E-state index in [9.17, 15) is 4.79 Å². The molecule has 0 radical (unpaired) electrons. The van der Waals surface area contributed by atoms with Gasteiger partial charge in [0.15, 0.2) is 0 Å². The molecule has 0 bridgehead atoms. The van der Waals surface area contributed by atoms with Gasteiger partial charge in [-0.05, 0) is 12.8 Å². The fourth-order valence-corrected chi connectivity index (χ4v) is 1.11. The smallest absolute Gasteiger partial charge is 0.245 e. The molecule has 1 aliphatic rings. The van der Waals surface area contributed by atoms with Crippen molar-refractivity contribution in [2.45, 2.75) is 18.9 Å². The predicted octanol–water partition coefficient (Wildman–Crippen LogP) is -0.0720. The Hall–Kier alpha value is -0.610. The van der Waals surface area contributed by atoms with Crippen molar-refractivity contribution in [3.8, 4) is 0 Å².